The quantitative estimate of drug-likeness (QED) is 0.536. The molecule has 18 heavy (non-hydrogen) atoms. The lowest BCUT2D eigenvalue weighted by molar-refractivity contribution is 0.0700. The molecule has 0 N–H and O–H groups in total. The highest BCUT2D eigenvalue weighted by Crippen LogP contribution is 2.35. The van der Waals surface area contributed by atoms with E-state index in [2.05, 4.69) is 28.1 Å². The second-order valence-electron chi connectivity index (χ2n) is 3.68. The van der Waals surface area contributed by atoms with Crippen LogP contribution in [0.25, 0.3) is 0 Å². The van der Waals surface area contributed by atoms with Gasteiger partial charge in [-0.1, -0.05) is 46.3 Å². The molecule has 0 amide bonds. The van der Waals surface area contributed by atoms with E-state index >= 15 is 0 Å². The number of alkyl halides is 1. The summed E-state index contributed by atoms with van der Waals surface area (Å²) < 4.78 is 17.6. The molecule has 1 rings (SSSR count). The molecule has 1 aromatic rings. The minimum absolute atomic E-state index is 0.0361. The van der Waals surface area contributed by atoms with Crippen LogP contribution in [0, 0.1) is 0 Å². The average Bonchev–Trinajstić information content (AvgIpc) is 2.39. The van der Waals surface area contributed by atoms with Crippen LogP contribution in [0.5, 0.6) is 0 Å². The number of hydrogen-bond donors (Lipinski definition) is 0. The molecule has 5 heteroatoms. The first-order chi connectivity index (χ1) is 8.70. The molecule has 0 bridgehead atoms. The van der Waals surface area contributed by atoms with Gasteiger partial charge in [-0.15, -0.1) is 0 Å². The Morgan fingerprint density at radius 2 is 1.39 bits per heavy atom. The first-order valence-electron chi connectivity index (χ1n) is 6.31. The third kappa shape index (κ3) is 3.90. The molecular formula is C13H21BrO3Si. The van der Waals surface area contributed by atoms with Crippen LogP contribution < -0.4 is 0 Å². The maximum atomic E-state index is 5.87. The zero-order valence-electron chi connectivity index (χ0n) is 11.2. The van der Waals surface area contributed by atoms with Crippen molar-refractivity contribution in [3.8, 4) is 0 Å². The van der Waals surface area contributed by atoms with E-state index in [-0.39, 0.29) is 4.45 Å². The molecule has 0 aliphatic carbocycles. The lowest BCUT2D eigenvalue weighted by atomic mass is 10.2. The molecule has 0 aliphatic rings. The molecule has 0 saturated heterocycles. The first kappa shape index (κ1) is 15.9. The van der Waals surface area contributed by atoms with E-state index in [4.69, 9.17) is 13.3 Å². The molecule has 3 nitrogen and oxygen atoms in total. The molecular weight excluding hydrogens is 312 g/mol. The van der Waals surface area contributed by atoms with Crippen LogP contribution in [0.4, 0.5) is 0 Å². The van der Waals surface area contributed by atoms with E-state index in [0.717, 1.165) is 5.56 Å². The van der Waals surface area contributed by atoms with Gasteiger partial charge in [0.15, 0.2) is 0 Å². The van der Waals surface area contributed by atoms with Crippen LogP contribution >= 0.6 is 15.9 Å². The lowest BCUT2D eigenvalue weighted by Gasteiger charge is -2.32. The Morgan fingerprint density at radius 1 is 0.944 bits per heavy atom. The Bertz CT molecular complexity index is 317. The van der Waals surface area contributed by atoms with E-state index in [1.165, 1.54) is 0 Å². The predicted molar refractivity (Wildman–Crippen MR) is 78.7 cm³/mol. The van der Waals surface area contributed by atoms with Crippen LogP contribution in [0.3, 0.4) is 0 Å². The Kier molecular flexibility index (Phi) is 7.10. The third-order valence-corrected chi connectivity index (χ3v) is 7.68. The van der Waals surface area contributed by atoms with Crippen molar-refractivity contribution in [2.24, 2.45) is 0 Å². The summed E-state index contributed by atoms with van der Waals surface area (Å²) in [6.45, 7) is 7.64. The standard InChI is InChI=1S/C13H21BrO3Si/c1-4-15-18(16-5-2,17-6-3)13(14)12-10-8-7-9-11-12/h7-11,13H,4-6H2,1-3H3. The number of hydrogen-bond acceptors (Lipinski definition) is 3. The Labute approximate surface area is 119 Å². The third-order valence-electron chi connectivity index (χ3n) is 2.44. The topological polar surface area (TPSA) is 27.7 Å². The summed E-state index contributed by atoms with van der Waals surface area (Å²) >= 11 is 3.70. The molecule has 0 heterocycles. The molecule has 0 radical (unpaired) electrons. The second kappa shape index (κ2) is 8.07. The van der Waals surface area contributed by atoms with E-state index in [1.807, 2.05) is 39.0 Å². The highest BCUT2D eigenvalue weighted by molar-refractivity contribution is 9.09. The molecule has 1 atom stereocenters. The van der Waals surface area contributed by atoms with Crippen LogP contribution in [0.1, 0.15) is 30.8 Å². The fraction of sp³-hybridized carbons (Fsp3) is 0.538. The van der Waals surface area contributed by atoms with Crippen LogP contribution in [-0.4, -0.2) is 28.6 Å². The first-order valence-corrected chi connectivity index (χ1v) is 9.02. The van der Waals surface area contributed by atoms with E-state index < -0.39 is 8.80 Å². The fourth-order valence-electron chi connectivity index (χ4n) is 1.77. The van der Waals surface area contributed by atoms with Gasteiger partial charge in [0.2, 0.25) is 0 Å². The zero-order chi connectivity index (χ0) is 13.4. The summed E-state index contributed by atoms with van der Waals surface area (Å²) in [6.07, 6.45) is 0. The van der Waals surface area contributed by atoms with Crippen molar-refractivity contribution in [3.63, 3.8) is 0 Å². The summed E-state index contributed by atoms with van der Waals surface area (Å²) in [5.74, 6) is 0. The monoisotopic (exact) mass is 332 g/mol. The number of benzene rings is 1. The van der Waals surface area contributed by atoms with Crippen molar-refractivity contribution in [3.05, 3.63) is 35.9 Å². The van der Waals surface area contributed by atoms with Crippen LogP contribution in [-0.2, 0) is 13.3 Å². The smallest absolute Gasteiger partial charge is 0.373 e. The largest absolute Gasteiger partial charge is 0.519 e. The summed E-state index contributed by atoms with van der Waals surface area (Å²) in [4.78, 5) is 0. The fourth-order valence-corrected chi connectivity index (χ4v) is 5.77. The van der Waals surface area contributed by atoms with Gasteiger partial charge in [0.25, 0.3) is 0 Å². The lowest BCUT2D eigenvalue weighted by Crippen LogP contribution is -2.50. The Balaban J connectivity index is 2.99. The van der Waals surface area contributed by atoms with E-state index in [9.17, 15) is 0 Å². The van der Waals surface area contributed by atoms with Crippen molar-refractivity contribution < 1.29 is 13.3 Å². The Hall–Kier alpha value is -0.203. The average molecular weight is 333 g/mol. The van der Waals surface area contributed by atoms with Crippen LogP contribution in [0.2, 0.25) is 0 Å². The predicted octanol–water partition coefficient (Wildman–Crippen LogP) is 3.71. The highest BCUT2D eigenvalue weighted by Gasteiger charge is 2.48. The maximum Gasteiger partial charge on any atom is 0.519 e. The van der Waals surface area contributed by atoms with Gasteiger partial charge in [0.05, 0.1) is 0 Å². The van der Waals surface area contributed by atoms with Gasteiger partial charge in [0, 0.05) is 19.8 Å². The molecule has 0 fully saturated rings. The highest BCUT2D eigenvalue weighted by atomic mass is 79.9. The van der Waals surface area contributed by atoms with E-state index in [0.29, 0.717) is 19.8 Å². The molecule has 1 aromatic carbocycles. The molecule has 0 spiro atoms. The molecule has 102 valence electrons. The summed E-state index contributed by atoms with van der Waals surface area (Å²) in [5.41, 5.74) is 1.12. The van der Waals surface area contributed by atoms with Gasteiger partial charge >= 0.3 is 8.80 Å². The summed E-state index contributed by atoms with van der Waals surface area (Å²) in [6, 6.07) is 10.1. The van der Waals surface area contributed by atoms with Gasteiger partial charge < -0.3 is 13.3 Å². The molecule has 0 aromatic heterocycles. The summed E-state index contributed by atoms with van der Waals surface area (Å²) in [5, 5.41) is 0. The van der Waals surface area contributed by atoms with Gasteiger partial charge in [-0.05, 0) is 26.3 Å². The normalized spacial score (nSPS) is 13.6. The van der Waals surface area contributed by atoms with Crippen LogP contribution in [0.15, 0.2) is 30.3 Å². The van der Waals surface area contributed by atoms with Crippen molar-refractivity contribution in [1.82, 2.24) is 0 Å². The van der Waals surface area contributed by atoms with Crippen molar-refractivity contribution in [2.45, 2.75) is 25.2 Å². The molecule has 0 saturated carbocycles. The van der Waals surface area contributed by atoms with Crippen molar-refractivity contribution in [1.29, 1.82) is 0 Å². The van der Waals surface area contributed by atoms with Crippen molar-refractivity contribution >= 4 is 24.7 Å². The SMILES string of the molecule is CCO[Si](OCC)(OCC)C(Br)c1ccccc1. The number of halogens is 1. The summed E-state index contributed by atoms with van der Waals surface area (Å²) in [7, 11) is -2.72. The van der Waals surface area contributed by atoms with Gasteiger partial charge in [0.1, 0.15) is 4.45 Å². The minimum Gasteiger partial charge on any atom is -0.373 e. The van der Waals surface area contributed by atoms with Crippen molar-refractivity contribution in [2.75, 3.05) is 19.8 Å². The number of rotatable bonds is 8. The Morgan fingerprint density at radius 3 is 1.78 bits per heavy atom. The van der Waals surface area contributed by atoms with Gasteiger partial charge in [-0.3, -0.25) is 0 Å². The molecule has 0 aliphatic heterocycles. The van der Waals surface area contributed by atoms with E-state index in [1.54, 1.807) is 0 Å². The molecule has 1 unspecified atom stereocenters. The van der Waals surface area contributed by atoms with Gasteiger partial charge in [-0.2, -0.15) is 0 Å². The minimum atomic E-state index is -2.72. The second-order valence-corrected chi connectivity index (χ2v) is 8.09. The zero-order valence-corrected chi connectivity index (χ0v) is 13.8. The van der Waals surface area contributed by atoms with Gasteiger partial charge in [-0.25, -0.2) is 0 Å². The maximum absolute atomic E-state index is 5.87.